The zero-order valence-electron chi connectivity index (χ0n) is 78.2. The van der Waals surface area contributed by atoms with Crippen LogP contribution in [0.3, 0.4) is 0 Å². The maximum atomic E-state index is 2.71. The summed E-state index contributed by atoms with van der Waals surface area (Å²) in [7, 11) is 0. The summed E-state index contributed by atoms with van der Waals surface area (Å²) in [6.07, 6.45) is 1.84. The van der Waals surface area contributed by atoms with E-state index in [1.807, 2.05) is 0 Å². The lowest BCUT2D eigenvalue weighted by Gasteiger charge is -2.46. The van der Waals surface area contributed by atoms with Gasteiger partial charge in [0, 0.05) is 77.9 Å². The van der Waals surface area contributed by atoms with Crippen LogP contribution in [-0.4, -0.2) is 0 Å². The third-order valence-corrected chi connectivity index (χ3v) is 30.1. The smallest absolute Gasteiger partial charge is 0.0543 e. The first-order valence-corrected chi connectivity index (χ1v) is 46.0. The summed E-state index contributed by atoms with van der Waals surface area (Å²) in [5.41, 5.74) is 30.7. The van der Waals surface area contributed by atoms with Gasteiger partial charge < -0.3 is 19.6 Å². The summed E-state index contributed by atoms with van der Waals surface area (Å²) in [6, 6.07) is 126. The molecule has 0 fully saturated rings. The third kappa shape index (κ3) is 13.0. The summed E-state index contributed by atoms with van der Waals surface area (Å²) in [4.78, 5) is 10.5. The molecule has 4 nitrogen and oxygen atoms in total. The van der Waals surface area contributed by atoms with Crippen LogP contribution >= 0.6 is 0 Å². The zero-order chi connectivity index (χ0) is 88.3. The van der Waals surface area contributed by atoms with Crippen molar-refractivity contribution in [2.24, 2.45) is 0 Å². The van der Waals surface area contributed by atoms with Gasteiger partial charge in [-0.15, -0.1) is 0 Å². The van der Waals surface area contributed by atoms with Crippen LogP contribution in [0.4, 0.5) is 68.2 Å². The van der Waals surface area contributed by atoms with Gasteiger partial charge in [0.05, 0.1) is 22.7 Å². The van der Waals surface area contributed by atoms with Crippen molar-refractivity contribution in [2.45, 2.75) is 219 Å². The molecule has 0 unspecified atom stereocenters. The fraction of sp³-hybridized carbons (Fsp3) is 0.279. The predicted molar refractivity (Wildman–Crippen MR) is 542 cm³/mol. The van der Waals surface area contributed by atoms with E-state index in [-0.39, 0.29) is 43.3 Å². The Morgan fingerprint density at radius 1 is 0.190 bits per heavy atom. The second-order valence-electron chi connectivity index (χ2n) is 44.3. The van der Waals surface area contributed by atoms with Gasteiger partial charge >= 0.3 is 0 Å². The molecule has 0 saturated heterocycles. The number of benzene rings is 16. The average molecular weight is 1640 g/mol. The highest BCUT2D eigenvalue weighted by molar-refractivity contribution is 6.21. The Kier molecular flexibility index (Phi) is 18.7. The molecule has 6 heterocycles. The summed E-state index contributed by atoms with van der Waals surface area (Å²) in [5, 5.41) is 9.56. The highest BCUT2D eigenvalue weighted by Gasteiger charge is 2.60. The van der Waals surface area contributed by atoms with Gasteiger partial charge in [-0.1, -0.05) is 346 Å². The second-order valence-corrected chi connectivity index (χ2v) is 44.3. The van der Waals surface area contributed by atoms with E-state index >= 15 is 0 Å². The molecule has 8 aliphatic rings. The first-order valence-electron chi connectivity index (χ1n) is 46.0. The SMILES string of the molecule is CC(C)(C)c1ccc(N2c3ccc(cc3)C(C)(C)CC(C)(C)c3ccc(cc3)N(c3ccc(C(C)(C)C)cc3)c3cc4c(c5ccccc35)-c3c5cc(c6ccccc36)N(c3ccc(C(C)(C)C)cc3)c3ccc(cc3)C(C)(C)CC(C)(C)c3ccc(cc3)N(c3ccc(C(C)(C)C)cc3)c3cc6c(c7ccccc37)-c3c(cc2c2ccccc32)C6(C)C45C)cc1. The van der Waals surface area contributed by atoms with Crippen LogP contribution in [0.5, 0.6) is 0 Å². The molecule has 0 saturated carbocycles. The molecule has 630 valence electrons. The van der Waals surface area contributed by atoms with Crippen molar-refractivity contribution in [2.75, 3.05) is 19.6 Å². The van der Waals surface area contributed by atoms with Gasteiger partial charge in [-0.25, -0.2) is 0 Å². The van der Waals surface area contributed by atoms with Crippen molar-refractivity contribution in [3.63, 3.8) is 0 Å². The van der Waals surface area contributed by atoms with E-state index in [1.54, 1.807) is 0 Å². The van der Waals surface area contributed by atoms with Gasteiger partial charge in [0.25, 0.3) is 0 Å². The van der Waals surface area contributed by atoms with Gasteiger partial charge in [0.2, 0.25) is 0 Å². The molecule has 0 aromatic heterocycles. The molecule has 16 aromatic carbocycles. The van der Waals surface area contributed by atoms with Crippen molar-refractivity contribution in [1.82, 2.24) is 0 Å². The molecule has 4 heteroatoms. The van der Waals surface area contributed by atoms with Crippen LogP contribution in [0.2, 0.25) is 0 Å². The Morgan fingerprint density at radius 2 is 0.341 bits per heavy atom. The molecule has 0 atom stereocenters. The van der Waals surface area contributed by atoms with E-state index < -0.39 is 10.8 Å². The Hall–Kier alpha value is -12.2. The minimum Gasteiger partial charge on any atom is -0.310 e. The van der Waals surface area contributed by atoms with Crippen LogP contribution in [0, 0.1) is 0 Å². The summed E-state index contributed by atoms with van der Waals surface area (Å²) < 4.78 is 0. The maximum Gasteiger partial charge on any atom is 0.0543 e. The molecule has 0 N–H and O–H groups in total. The van der Waals surface area contributed by atoms with Crippen LogP contribution in [0.1, 0.15) is 232 Å². The lowest BCUT2D eigenvalue weighted by molar-refractivity contribution is 0.348. The van der Waals surface area contributed by atoms with E-state index in [0.717, 1.165) is 81.1 Å². The molecule has 24 rings (SSSR count). The Bertz CT molecular complexity index is 6160. The molecule has 0 radical (unpaired) electrons. The first-order chi connectivity index (χ1) is 59.7. The molecular weight excluding hydrogens is 1520 g/mol. The summed E-state index contributed by atoms with van der Waals surface area (Å²) in [6.45, 7) is 53.0. The number of anilines is 12. The molecule has 6 aliphatic heterocycles. The van der Waals surface area contributed by atoms with Crippen LogP contribution in [0.25, 0.3) is 65.3 Å². The Labute approximate surface area is 749 Å². The quantitative estimate of drug-likeness (QED) is 0.174. The van der Waals surface area contributed by atoms with Gasteiger partial charge in [-0.05, 0) is 288 Å². The first kappa shape index (κ1) is 82.1. The topological polar surface area (TPSA) is 13.0 Å². The van der Waals surface area contributed by atoms with Gasteiger partial charge in [-0.3, -0.25) is 0 Å². The van der Waals surface area contributed by atoms with Crippen LogP contribution in [-0.2, 0) is 54.1 Å². The summed E-state index contributed by atoms with van der Waals surface area (Å²) >= 11 is 0. The van der Waals surface area contributed by atoms with E-state index in [2.05, 4.69) is 487 Å². The number of hydrogen-bond acceptors (Lipinski definition) is 4. The Balaban J connectivity index is 1.01. The molecule has 0 amide bonds. The van der Waals surface area contributed by atoms with E-state index in [1.165, 1.54) is 132 Å². The van der Waals surface area contributed by atoms with Crippen molar-refractivity contribution < 1.29 is 0 Å². The number of hydrogen-bond donors (Lipinski definition) is 0. The van der Waals surface area contributed by atoms with Crippen LogP contribution < -0.4 is 19.6 Å². The third-order valence-electron chi connectivity index (χ3n) is 30.1. The van der Waals surface area contributed by atoms with Crippen molar-refractivity contribution in [1.29, 1.82) is 0 Å². The summed E-state index contributed by atoms with van der Waals surface area (Å²) in [5.74, 6) is 0. The molecule has 16 bridgehead atoms. The molecule has 2 aliphatic carbocycles. The zero-order valence-corrected chi connectivity index (χ0v) is 78.2. The van der Waals surface area contributed by atoms with Gasteiger partial charge in [0.1, 0.15) is 0 Å². The fourth-order valence-corrected chi connectivity index (χ4v) is 23.2. The fourth-order valence-electron chi connectivity index (χ4n) is 23.2. The van der Waals surface area contributed by atoms with Crippen molar-refractivity contribution >= 4 is 111 Å². The largest absolute Gasteiger partial charge is 0.310 e. The van der Waals surface area contributed by atoms with E-state index in [4.69, 9.17) is 0 Å². The van der Waals surface area contributed by atoms with Gasteiger partial charge in [0.15, 0.2) is 0 Å². The second kappa shape index (κ2) is 28.6. The average Bonchev–Trinajstić information content (AvgIpc) is 1.48. The highest BCUT2D eigenvalue weighted by Crippen LogP contribution is 2.71. The van der Waals surface area contributed by atoms with Crippen LogP contribution in [0.15, 0.2) is 315 Å². The van der Waals surface area contributed by atoms with Crippen molar-refractivity contribution in [3.05, 3.63) is 382 Å². The highest BCUT2D eigenvalue weighted by atomic mass is 15.2. The lowest BCUT2D eigenvalue weighted by atomic mass is 9.56. The number of nitrogens with zero attached hydrogens (tertiary/aromatic N) is 4. The molecule has 16 aromatic rings. The van der Waals surface area contributed by atoms with Gasteiger partial charge in [-0.2, -0.15) is 0 Å². The maximum absolute atomic E-state index is 2.71. The predicted octanol–water partition coefficient (Wildman–Crippen LogP) is 34.6. The minimum absolute atomic E-state index is 0.0793. The lowest BCUT2D eigenvalue weighted by Crippen LogP contribution is -2.44. The Morgan fingerprint density at radius 3 is 0.500 bits per heavy atom. The monoisotopic (exact) mass is 1640 g/mol. The molecular formula is C122H122N4. The molecule has 0 spiro atoms. The van der Waals surface area contributed by atoms with E-state index in [0.29, 0.717) is 0 Å². The number of fused-ring (bicyclic) bond motifs is 14. The normalized spacial score (nSPS) is 16.6. The van der Waals surface area contributed by atoms with E-state index in [9.17, 15) is 0 Å². The molecule has 126 heavy (non-hydrogen) atoms. The standard InChI is InChI=1S/C122H122N4/c1-113(2,3)77-39-55-85(56-40-77)123-89-63-47-81(48-64-89)117(13,14)75-118(15,16)82-49-65-91(66-50-82)125(87-59-43-79(44-60-87)115(7,8)9)107-73-103-111(99-37-29-25-33-95(99)107)112-100-38-30-26-34-96(100)108-74-104(112)122(103,22)121(21)101-71-105(123)93-31-23-27-35-97(93)109(101)110-98-36-28-24-32-94(98)106(72-102(110)121)124(86-57-41-78(42-58-86)114(4,5)6)90-67-51-83(52-68-90)119(17,18)76-120(19,20)84-53-69-92(70-54-84)126(108)88-61-45-80(46-62-88)116(10,11)12/h23-74H,75-76H2,1-22H3. The minimum atomic E-state index is -0.976. The number of rotatable bonds is 4. The van der Waals surface area contributed by atoms with Crippen molar-refractivity contribution in [3.8, 4) is 22.3 Å².